The molecule has 0 aromatic rings. The zero-order valence-electron chi connectivity index (χ0n) is 3.75. The second kappa shape index (κ2) is 1.71. The van der Waals surface area contributed by atoms with Crippen LogP contribution in [0.4, 0.5) is 0 Å². The zero-order chi connectivity index (χ0) is 5.98. The molecule has 0 aromatic carbocycles. The van der Waals surface area contributed by atoms with Gasteiger partial charge in [-0.1, -0.05) is 4.99 Å². The van der Waals surface area contributed by atoms with Gasteiger partial charge in [0, 0.05) is 0 Å². The van der Waals surface area contributed by atoms with Crippen LogP contribution in [0.5, 0.6) is 0 Å². The lowest BCUT2D eigenvalue weighted by Gasteiger charge is -1.88. The van der Waals surface area contributed by atoms with Crippen LogP contribution in [-0.2, 0) is 14.7 Å². The summed E-state index contributed by atoms with van der Waals surface area (Å²) in [4.78, 5) is 17.9. The van der Waals surface area contributed by atoms with Gasteiger partial charge >= 0.3 is 5.97 Å². The lowest BCUT2D eigenvalue weighted by atomic mass is 10.6. The van der Waals surface area contributed by atoms with E-state index in [4.69, 9.17) is 5.11 Å². The van der Waals surface area contributed by atoms with E-state index in [1.165, 1.54) is 0 Å². The topological polar surface area (TPSA) is 67.8 Å². The Morgan fingerprint density at radius 2 is 2.62 bits per heavy atom. The van der Waals surface area contributed by atoms with E-state index in [1.54, 1.807) is 0 Å². The lowest BCUT2D eigenvalue weighted by molar-refractivity contribution is -0.275. The number of rotatable bonds is 1. The van der Waals surface area contributed by atoms with Crippen molar-refractivity contribution in [2.75, 3.05) is 0 Å². The Labute approximate surface area is 44.4 Å². The maximum atomic E-state index is 9.89. The van der Waals surface area contributed by atoms with Crippen molar-refractivity contribution in [3.05, 3.63) is 12.0 Å². The molecule has 0 saturated heterocycles. The maximum Gasteiger partial charge on any atom is 0.377 e. The number of aliphatic carboxylic acids is 1. The van der Waals surface area contributed by atoms with Gasteiger partial charge in [-0.25, -0.2) is 10.3 Å². The molecule has 1 aliphatic heterocycles. The van der Waals surface area contributed by atoms with Gasteiger partial charge in [0.1, 0.15) is 0 Å². The first kappa shape index (κ1) is 4.92. The van der Waals surface area contributed by atoms with Crippen LogP contribution in [0.3, 0.4) is 0 Å². The predicted molar refractivity (Wildman–Crippen MR) is 21.0 cm³/mol. The molecule has 0 aliphatic carbocycles. The number of hydroxylamine groups is 1. The first-order valence-electron chi connectivity index (χ1n) is 1.83. The van der Waals surface area contributed by atoms with E-state index in [0.29, 0.717) is 0 Å². The van der Waals surface area contributed by atoms with Gasteiger partial charge in [0.15, 0.2) is 0 Å². The Kier molecular flexibility index (Phi) is 1.05. The number of carboxylic acids is 1. The fraction of sp³-hybridized carbons (Fsp3) is 0. The van der Waals surface area contributed by atoms with Crippen LogP contribution in [-0.4, -0.2) is 11.1 Å². The molecule has 1 aliphatic rings. The highest BCUT2D eigenvalue weighted by Gasteiger charge is 2.14. The van der Waals surface area contributed by atoms with Crippen molar-refractivity contribution >= 4 is 5.97 Å². The summed E-state index contributed by atoms with van der Waals surface area (Å²) in [5.74, 6) is -1.40. The number of nitrogens with one attached hydrogen (secondary N) is 1. The molecule has 0 aromatic heterocycles. The molecule has 0 spiro atoms. The number of hydrogen-bond acceptors (Lipinski definition) is 4. The third-order valence-corrected chi connectivity index (χ3v) is 0.580. The Bertz CT molecular complexity index is 140. The predicted octanol–water partition coefficient (Wildman–Crippen LogP) is -0.621. The Morgan fingerprint density at radius 3 is 2.88 bits per heavy atom. The molecule has 1 rings (SSSR count). The molecule has 0 saturated carbocycles. The summed E-state index contributed by atoms with van der Waals surface area (Å²) in [6.45, 7) is 0. The largest absolute Gasteiger partial charge is 0.475 e. The molecule has 0 bridgehead atoms. The summed E-state index contributed by atoms with van der Waals surface area (Å²) in [5, 5.41) is 8.10. The van der Waals surface area contributed by atoms with Crippen LogP contribution in [0.2, 0.25) is 0 Å². The monoisotopic (exact) mass is 117 g/mol. The minimum atomic E-state index is -1.16. The third kappa shape index (κ3) is 0.710. The quantitative estimate of drug-likeness (QED) is 0.448. The van der Waals surface area contributed by atoms with Gasteiger partial charge < -0.3 is 9.99 Å². The van der Waals surface area contributed by atoms with Gasteiger partial charge in [-0.15, -0.1) is 0 Å². The third-order valence-electron chi connectivity index (χ3n) is 0.580. The molecular formula is C3H3NO4. The van der Waals surface area contributed by atoms with Crippen LogP contribution in [0.1, 0.15) is 0 Å². The van der Waals surface area contributed by atoms with Gasteiger partial charge in [0.05, 0.1) is 6.20 Å². The summed E-state index contributed by atoms with van der Waals surface area (Å²) < 4.78 is 0. The van der Waals surface area contributed by atoms with Crippen molar-refractivity contribution in [2.45, 2.75) is 0 Å². The lowest BCUT2D eigenvalue weighted by Crippen LogP contribution is -1.99. The Balaban J connectivity index is 2.57. The molecular weight excluding hydrogens is 114 g/mol. The molecule has 0 unspecified atom stereocenters. The molecule has 1 heterocycles. The van der Waals surface area contributed by atoms with E-state index in [2.05, 4.69) is 15.4 Å². The second-order valence-corrected chi connectivity index (χ2v) is 1.10. The molecule has 8 heavy (non-hydrogen) atoms. The highest BCUT2D eigenvalue weighted by atomic mass is 17.3. The van der Waals surface area contributed by atoms with Gasteiger partial charge in [0.25, 0.3) is 5.76 Å². The SMILES string of the molecule is O=C(O)C1=CNOO1. The highest BCUT2D eigenvalue weighted by Crippen LogP contribution is 2.00. The van der Waals surface area contributed by atoms with E-state index >= 15 is 0 Å². The first-order valence-corrected chi connectivity index (χ1v) is 1.83. The summed E-state index contributed by atoms with van der Waals surface area (Å²) in [6.07, 6.45) is 1.10. The number of carboxylic acid groups (broad SMARTS) is 1. The Morgan fingerprint density at radius 1 is 1.88 bits per heavy atom. The van der Waals surface area contributed by atoms with Crippen molar-refractivity contribution in [2.24, 2.45) is 0 Å². The van der Waals surface area contributed by atoms with Crippen molar-refractivity contribution in [3.63, 3.8) is 0 Å². The van der Waals surface area contributed by atoms with Gasteiger partial charge in [-0.2, -0.15) is 0 Å². The Hall–Kier alpha value is -1.23. The zero-order valence-corrected chi connectivity index (χ0v) is 3.75. The van der Waals surface area contributed by atoms with E-state index in [-0.39, 0.29) is 5.76 Å². The second-order valence-electron chi connectivity index (χ2n) is 1.10. The number of carbonyl (C=O) groups is 1. The minimum absolute atomic E-state index is 0.245. The van der Waals surface area contributed by atoms with Crippen LogP contribution in [0.25, 0.3) is 0 Å². The molecule has 2 N–H and O–H groups in total. The van der Waals surface area contributed by atoms with Crippen molar-refractivity contribution in [1.82, 2.24) is 5.48 Å². The molecule has 44 valence electrons. The summed E-state index contributed by atoms with van der Waals surface area (Å²) in [7, 11) is 0. The fourth-order valence-corrected chi connectivity index (χ4v) is 0.268. The highest BCUT2D eigenvalue weighted by molar-refractivity contribution is 5.84. The number of hydrogen-bond donors (Lipinski definition) is 2. The minimum Gasteiger partial charge on any atom is -0.475 e. The van der Waals surface area contributed by atoms with E-state index < -0.39 is 5.97 Å². The van der Waals surface area contributed by atoms with Crippen LogP contribution < -0.4 is 5.48 Å². The molecule has 0 atom stereocenters. The molecule has 0 amide bonds. The summed E-state index contributed by atoms with van der Waals surface area (Å²) >= 11 is 0. The van der Waals surface area contributed by atoms with Crippen LogP contribution in [0, 0.1) is 0 Å². The van der Waals surface area contributed by atoms with Gasteiger partial charge in [0.2, 0.25) is 0 Å². The molecule has 5 nitrogen and oxygen atoms in total. The van der Waals surface area contributed by atoms with E-state index in [0.717, 1.165) is 6.20 Å². The average Bonchev–Trinajstić information content (AvgIpc) is 2.12. The molecule has 0 radical (unpaired) electrons. The van der Waals surface area contributed by atoms with Gasteiger partial charge in [-0.3, -0.25) is 0 Å². The summed E-state index contributed by atoms with van der Waals surface area (Å²) in [6, 6.07) is 0. The molecule has 5 heteroatoms. The average molecular weight is 117 g/mol. The maximum absolute atomic E-state index is 9.89. The van der Waals surface area contributed by atoms with E-state index in [1.807, 2.05) is 0 Å². The van der Waals surface area contributed by atoms with Crippen LogP contribution in [0.15, 0.2) is 12.0 Å². The molecule has 0 fully saturated rings. The van der Waals surface area contributed by atoms with Crippen molar-refractivity contribution < 1.29 is 19.8 Å². The first-order chi connectivity index (χ1) is 3.80. The fourth-order valence-electron chi connectivity index (χ4n) is 0.268. The smallest absolute Gasteiger partial charge is 0.377 e. The van der Waals surface area contributed by atoms with Crippen molar-refractivity contribution in [3.8, 4) is 0 Å². The summed E-state index contributed by atoms with van der Waals surface area (Å²) in [5.41, 5.74) is 2.09. The van der Waals surface area contributed by atoms with Gasteiger partial charge in [-0.05, 0) is 0 Å². The van der Waals surface area contributed by atoms with Crippen molar-refractivity contribution in [1.29, 1.82) is 0 Å². The van der Waals surface area contributed by atoms with Crippen LogP contribution >= 0.6 is 0 Å². The normalized spacial score (nSPS) is 16.2. The standard InChI is InChI=1S/C3H3NO4/c5-3(6)2-1-4-8-7-2/h1,4H,(H,5,6). The van der Waals surface area contributed by atoms with E-state index in [9.17, 15) is 4.79 Å².